The molecule has 0 bridgehead atoms. The van der Waals surface area contributed by atoms with Crippen molar-refractivity contribution in [2.45, 2.75) is 20.0 Å². The van der Waals surface area contributed by atoms with Gasteiger partial charge in [0, 0.05) is 21.6 Å². The van der Waals surface area contributed by atoms with E-state index in [0.717, 1.165) is 5.56 Å². The number of ether oxygens (including phenoxy) is 1. The van der Waals surface area contributed by atoms with Crippen LogP contribution in [0.25, 0.3) is 0 Å². The van der Waals surface area contributed by atoms with Gasteiger partial charge in [0.05, 0.1) is 15.8 Å². The topological polar surface area (TPSA) is 114 Å². The maximum Gasteiger partial charge on any atom is 0.412 e. The number of rotatable bonds is 7. The van der Waals surface area contributed by atoms with Gasteiger partial charge in [-0.2, -0.15) is 0 Å². The molecule has 5 N–H and O–H groups in total. The summed E-state index contributed by atoms with van der Waals surface area (Å²) in [5.41, 5.74) is 8.82. The van der Waals surface area contributed by atoms with E-state index in [1.54, 1.807) is 61.5 Å². The second-order valence-corrected chi connectivity index (χ2v) is 9.71. The summed E-state index contributed by atoms with van der Waals surface area (Å²) in [5.74, 6) is -0.940. The molecule has 0 saturated carbocycles. The van der Waals surface area contributed by atoms with Crippen LogP contribution in [0.1, 0.15) is 24.2 Å². The minimum Gasteiger partial charge on any atom is -0.506 e. The maximum atomic E-state index is 12.7. The van der Waals surface area contributed by atoms with Crippen molar-refractivity contribution in [3.63, 3.8) is 0 Å². The smallest absolute Gasteiger partial charge is 0.412 e. The zero-order valence-electron chi connectivity index (χ0n) is 19.1. The number of anilines is 3. The molecule has 0 fully saturated rings. The highest BCUT2D eigenvalue weighted by atomic mass is 79.9. The van der Waals surface area contributed by atoms with Gasteiger partial charge in [-0.1, -0.05) is 58.8 Å². The fourth-order valence-corrected chi connectivity index (χ4v) is 4.54. The first-order valence-electron chi connectivity index (χ1n) is 10.7. The van der Waals surface area contributed by atoms with E-state index in [-0.39, 0.29) is 5.75 Å². The first kappa shape index (κ1) is 26.3. The third-order valence-corrected chi connectivity index (χ3v) is 6.21. The number of halogens is 2. The normalized spacial score (nSPS) is 12.7. The quantitative estimate of drug-likeness (QED) is 0.173. The molecular weight excluding hydrogens is 578 g/mol. The summed E-state index contributed by atoms with van der Waals surface area (Å²) >= 11 is 6.72. The predicted octanol–water partition coefficient (Wildman–Crippen LogP) is 6.93. The Morgan fingerprint density at radius 2 is 1.74 bits per heavy atom. The largest absolute Gasteiger partial charge is 0.506 e. The number of aromatic hydroxyl groups is 1. The van der Waals surface area contributed by atoms with Crippen LogP contribution in [0.4, 0.5) is 21.9 Å². The highest BCUT2D eigenvalue weighted by molar-refractivity contribution is 9.11. The molecule has 3 aromatic carbocycles. The van der Waals surface area contributed by atoms with E-state index >= 15 is 0 Å². The van der Waals surface area contributed by atoms with Crippen molar-refractivity contribution in [3.05, 3.63) is 92.9 Å². The van der Waals surface area contributed by atoms with Crippen LogP contribution in [0.15, 0.2) is 81.8 Å². The van der Waals surface area contributed by atoms with Gasteiger partial charge in [0.1, 0.15) is 11.9 Å². The number of phenols is 1. The lowest BCUT2D eigenvalue weighted by Crippen LogP contribution is -2.22. The van der Waals surface area contributed by atoms with Crippen molar-refractivity contribution in [3.8, 4) is 5.75 Å². The second-order valence-electron chi connectivity index (χ2n) is 7.94. The SMILES string of the molecule is Cc1ccc(NC(=O)O[C@@H](c2cc(Br)cc(Br)c2O)[C@H](C)/C=C/C(=O)Nc2ccccc2N)cc1. The first-order valence-corrected chi connectivity index (χ1v) is 12.3. The molecular formula is C26H25Br2N3O4. The van der Waals surface area contributed by atoms with E-state index in [9.17, 15) is 14.7 Å². The van der Waals surface area contributed by atoms with Crippen LogP contribution < -0.4 is 16.4 Å². The van der Waals surface area contributed by atoms with Gasteiger partial charge in [-0.05, 0) is 65.3 Å². The van der Waals surface area contributed by atoms with E-state index in [2.05, 4.69) is 42.5 Å². The Balaban J connectivity index is 1.82. The van der Waals surface area contributed by atoms with Crippen molar-refractivity contribution in [2.75, 3.05) is 16.4 Å². The number of nitrogen functional groups attached to an aromatic ring is 1. The van der Waals surface area contributed by atoms with Crippen LogP contribution >= 0.6 is 31.9 Å². The number of hydrogen-bond acceptors (Lipinski definition) is 5. The van der Waals surface area contributed by atoms with E-state index in [1.165, 1.54) is 6.08 Å². The molecule has 0 aliphatic heterocycles. The summed E-state index contributed by atoms with van der Waals surface area (Å²) in [6, 6.07) is 17.5. The summed E-state index contributed by atoms with van der Waals surface area (Å²) in [5, 5.41) is 16.1. The number of nitrogens with two attached hydrogens (primary N) is 1. The number of phenolic OH excluding ortho intramolecular Hbond substituents is 1. The summed E-state index contributed by atoms with van der Waals surface area (Å²) in [7, 11) is 0. The number of hydrogen-bond donors (Lipinski definition) is 4. The highest BCUT2D eigenvalue weighted by Gasteiger charge is 2.27. The molecule has 0 heterocycles. The Labute approximate surface area is 220 Å². The lowest BCUT2D eigenvalue weighted by Gasteiger charge is -2.24. The van der Waals surface area contributed by atoms with E-state index in [0.29, 0.717) is 31.6 Å². The third-order valence-electron chi connectivity index (χ3n) is 5.14. The van der Waals surface area contributed by atoms with Gasteiger partial charge in [-0.3, -0.25) is 10.1 Å². The molecule has 0 aliphatic rings. The fraction of sp³-hybridized carbons (Fsp3) is 0.154. The molecule has 2 amide bonds. The van der Waals surface area contributed by atoms with Crippen molar-refractivity contribution < 1.29 is 19.4 Å². The van der Waals surface area contributed by atoms with Crippen LogP contribution in [0, 0.1) is 12.8 Å². The van der Waals surface area contributed by atoms with Gasteiger partial charge >= 0.3 is 6.09 Å². The van der Waals surface area contributed by atoms with Gasteiger partial charge in [-0.15, -0.1) is 0 Å². The Bertz CT molecular complexity index is 1250. The average molecular weight is 603 g/mol. The molecule has 0 radical (unpaired) electrons. The standard InChI is InChI=1S/C26H25Br2N3O4/c1-15-7-10-18(11-8-15)30-26(34)35-25(19-13-17(27)14-20(28)24(19)33)16(2)9-12-23(32)31-22-6-4-3-5-21(22)29/h3-14,16,25,33H,29H2,1-2H3,(H,30,34)(H,31,32)/b12-9+/t16-,25-/m1/s1. The first-order chi connectivity index (χ1) is 16.6. The lowest BCUT2D eigenvalue weighted by atomic mass is 9.96. The van der Waals surface area contributed by atoms with E-state index in [4.69, 9.17) is 10.5 Å². The Kier molecular flexibility index (Phi) is 8.95. The molecule has 2 atom stereocenters. The zero-order chi connectivity index (χ0) is 25.5. The number of carbonyl (C=O) groups excluding carboxylic acids is 2. The number of benzene rings is 3. The van der Waals surface area contributed by atoms with Gasteiger partial charge < -0.3 is 20.9 Å². The van der Waals surface area contributed by atoms with Gasteiger partial charge in [-0.25, -0.2) is 4.79 Å². The highest BCUT2D eigenvalue weighted by Crippen LogP contribution is 2.40. The molecule has 35 heavy (non-hydrogen) atoms. The third kappa shape index (κ3) is 7.34. The van der Waals surface area contributed by atoms with Crippen LogP contribution in [0.2, 0.25) is 0 Å². The Morgan fingerprint density at radius 1 is 1.06 bits per heavy atom. The van der Waals surface area contributed by atoms with E-state index < -0.39 is 24.0 Å². The second kappa shape index (κ2) is 11.9. The van der Waals surface area contributed by atoms with Crippen molar-refractivity contribution >= 4 is 60.9 Å². The Hall–Kier alpha value is -3.30. The summed E-state index contributed by atoms with van der Waals surface area (Å²) in [6.07, 6.45) is 1.35. The monoisotopic (exact) mass is 601 g/mol. The van der Waals surface area contributed by atoms with Crippen molar-refractivity contribution in [1.29, 1.82) is 0 Å². The summed E-state index contributed by atoms with van der Waals surface area (Å²) in [6.45, 7) is 3.72. The van der Waals surface area contributed by atoms with Gasteiger partial charge in [0.15, 0.2) is 0 Å². The van der Waals surface area contributed by atoms with Crippen LogP contribution in [-0.2, 0) is 9.53 Å². The van der Waals surface area contributed by atoms with Crippen LogP contribution in [-0.4, -0.2) is 17.1 Å². The number of nitrogens with one attached hydrogen (secondary N) is 2. The molecule has 9 heteroatoms. The Morgan fingerprint density at radius 3 is 2.43 bits per heavy atom. The molecule has 7 nitrogen and oxygen atoms in total. The maximum absolute atomic E-state index is 12.7. The number of para-hydroxylation sites is 2. The fourth-order valence-electron chi connectivity index (χ4n) is 3.28. The molecule has 0 aliphatic carbocycles. The molecule has 3 aromatic rings. The molecule has 0 spiro atoms. The average Bonchev–Trinajstić information content (AvgIpc) is 2.81. The van der Waals surface area contributed by atoms with Gasteiger partial charge in [0.2, 0.25) is 5.91 Å². The van der Waals surface area contributed by atoms with Crippen LogP contribution in [0.5, 0.6) is 5.75 Å². The lowest BCUT2D eigenvalue weighted by molar-refractivity contribution is -0.111. The summed E-state index contributed by atoms with van der Waals surface area (Å²) in [4.78, 5) is 25.2. The minimum absolute atomic E-state index is 0.0666. The zero-order valence-corrected chi connectivity index (χ0v) is 22.3. The van der Waals surface area contributed by atoms with Crippen LogP contribution in [0.3, 0.4) is 0 Å². The molecule has 182 valence electrons. The summed E-state index contributed by atoms with van der Waals surface area (Å²) < 4.78 is 6.85. The number of amides is 2. The van der Waals surface area contributed by atoms with E-state index in [1.807, 2.05) is 19.1 Å². The minimum atomic E-state index is -0.903. The number of carbonyl (C=O) groups is 2. The number of aryl methyl sites for hydroxylation is 1. The molecule has 3 rings (SSSR count). The molecule has 0 unspecified atom stereocenters. The van der Waals surface area contributed by atoms with Crippen molar-refractivity contribution in [2.24, 2.45) is 5.92 Å². The molecule has 0 aromatic heterocycles. The molecule has 0 saturated heterocycles. The van der Waals surface area contributed by atoms with Crippen molar-refractivity contribution in [1.82, 2.24) is 0 Å². The predicted molar refractivity (Wildman–Crippen MR) is 145 cm³/mol. The van der Waals surface area contributed by atoms with Gasteiger partial charge in [0.25, 0.3) is 0 Å².